The summed E-state index contributed by atoms with van der Waals surface area (Å²) < 4.78 is 19.3. The first-order chi connectivity index (χ1) is 12.2. The van der Waals surface area contributed by atoms with Gasteiger partial charge in [-0.05, 0) is 55.7 Å². The Balaban J connectivity index is 1.54. The number of benzene rings is 2. The molecule has 6 heteroatoms. The van der Waals surface area contributed by atoms with Gasteiger partial charge in [0.25, 0.3) is 0 Å². The third-order valence-corrected chi connectivity index (χ3v) is 5.34. The first-order valence-corrected chi connectivity index (χ1v) is 9.14. The van der Waals surface area contributed by atoms with Gasteiger partial charge in [0, 0.05) is 19.2 Å². The second-order valence-electron chi connectivity index (χ2n) is 6.07. The molecule has 1 aliphatic rings. The zero-order valence-corrected chi connectivity index (χ0v) is 14.4. The number of ether oxygens (including phenoxy) is 1. The molecule has 1 fully saturated rings. The van der Waals surface area contributed by atoms with Crippen LogP contribution in [0.4, 0.5) is 9.52 Å². The van der Waals surface area contributed by atoms with Gasteiger partial charge in [0.15, 0.2) is 5.13 Å². The Morgan fingerprint density at radius 2 is 1.84 bits per heavy atom. The fourth-order valence-electron chi connectivity index (χ4n) is 2.93. The molecule has 0 unspecified atom stereocenters. The number of halogens is 1. The van der Waals surface area contributed by atoms with Crippen molar-refractivity contribution in [3.63, 3.8) is 0 Å². The van der Waals surface area contributed by atoms with E-state index in [1.165, 1.54) is 43.5 Å². The molecule has 0 bridgehead atoms. The molecule has 128 valence electrons. The molecule has 0 atom stereocenters. The maximum Gasteiger partial charge on any atom is 0.343 e. The number of nitrogens with zero attached hydrogens (tertiary/aromatic N) is 2. The summed E-state index contributed by atoms with van der Waals surface area (Å²) in [5.74, 6) is -0.413. The zero-order chi connectivity index (χ0) is 17.2. The van der Waals surface area contributed by atoms with E-state index >= 15 is 0 Å². The molecule has 0 amide bonds. The Labute approximate surface area is 148 Å². The van der Waals surface area contributed by atoms with Crippen molar-refractivity contribution in [2.24, 2.45) is 0 Å². The van der Waals surface area contributed by atoms with Crippen molar-refractivity contribution in [3.05, 3.63) is 53.8 Å². The van der Waals surface area contributed by atoms with E-state index in [0.29, 0.717) is 11.3 Å². The summed E-state index contributed by atoms with van der Waals surface area (Å²) in [5, 5.41) is 1.02. The van der Waals surface area contributed by atoms with E-state index in [0.717, 1.165) is 28.4 Å². The number of hydrogen-bond donors (Lipinski definition) is 0. The molecule has 0 N–H and O–H groups in total. The van der Waals surface area contributed by atoms with Gasteiger partial charge in [-0.1, -0.05) is 11.3 Å². The molecule has 2 aromatic carbocycles. The molecule has 0 aliphatic carbocycles. The summed E-state index contributed by atoms with van der Waals surface area (Å²) >= 11 is 1.62. The fraction of sp³-hybridized carbons (Fsp3) is 0.263. The molecule has 1 aliphatic heterocycles. The summed E-state index contributed by atoms with van der Waals surface area (Å²) in [5.41, 5.74) is 1.23. The van der Waals surface area contributed by atoms with Gasteiger partial charge in [-0.3, -0.25) is 0 Å². The first kappa shape index (κ1) is 16.0. The van der Waals surface area contributed by atoms with Crippen molar-refractivity contribution in [1.29, 1.82) is 0 Å². The van der Waals surface area contributed by atoms with Gasteiger partial charge in [-0.2, -0.15) is 0 Å². The predicted octanol–water partition coefficient (Wildman–Crippen LogP) is 4.64. The first-order valence-electron chi connectivity index (χ1n) is 8.32. The van der Waals surface area contributed by atoms with E-state index < -0.39 is 5.97 Å². The molecular formula is C19H17FN2O2S. The van der Waals surface area contributed by atoms with Gasteiger partial charge < -0.3 is 9.64 Å². The quantitative estimate of drug-likeness (QED) is 0.506. The molecule has 1 saturated heterocycles. The van der Waals surface area contributed by atoms with Gasteiger partial charge in [-0.25, -0.2) is 14.2 Å². The van der Waals surface area contributed by atoms with Crippen LogP contribution in [0.5, 0.6) is 5.75 Å². The zero-order valence-electron chi connectivity index (χ0n) is 13.6. The number of piperidine rings is 1. The Hall–Kier alpha value is -2.47. The minimum Gasteiger partial charge on any atom is -0.423 e. The van der Waals surface area contributed by atoms with Crippen molar-refractivity contribution < 1.29 is 13.9 Å². The molecule has 0 spiro atoms. The lowest BCUT2D eigenvalue weighted by Gasteiger charge is -2.25. The minimum absolute atomic E-state index is 0.319. The van der Waals surface area contributed by atoms with E-state index in [-0.39, 0.29) is 5.82 Å². The average Bonchev–Trinajstić information content (AvgIpc) is 3.06. The molecule has 4 rings (SSSR count). The summed E-state index contributed by atoms with van der Waals surface area (Å²) in [6, 6.07) is 10.8. The number of carbonyl (C=O) groups excluding carboxylic acids is 1. The van der Waals surface area contributed by atoms with Gasteiger partial charge in [0.05, 0.1) is 15.8 Å². The number of fused-ring (bicyclic) bond motifs is 1. The number of anilines is 1. The molecule has 0 radical (unpaired) electrons. The highest BCUT2D eigenvalue weighted by Crippen LogP contribution is 2.32. The lowest BCUT2D eigenvalue weighted by Crippen LogP contribution is -2.29. The number of carbonyl (C=O) groups is 1. The van der Waals surface area contributed by atoms with Gasteiger partial charge in [0.1, 0.15) is 11.6 Å². The summed E-state index contributed by atoms with van der Waals surface area (Å²) in [6.07, 6.45) is 3.69. The van der Waals surface area contributed by atoms with Gasteiger partial charge in [0.2, 0.25) is 0 Å². The number of aromatic nitrogens is 1. The summed E-state index contributed by atoms with van der Waals surface area (Å²) in [6.45, 7) is 2.10. The standard InChI is InChI=1S/C19H17FN2O2S/c20-14-6-4-13(5-7-14)18(23)24-15-8-9-16-17(12-15)25-19(21-16)22-10-2-1-3-11-22/h4-9,12H,1-3,10-11H2. The lowest BCUT2D eigenvalue weighted by molar-refractivity contribution is 0.0735. The number of hydrogen-bond acceptors (Lipinski definition) is 5. The van der Waals surface area contributed by atoms with Crippen LogP contribution in [0.2, 0.25) is 0 Å². The maximum atomic E-state index is 12.9. The smallest absolute Gasteiger partial charge is 0.343 e. The van der Waals surface area contributed by atoms with Crippen LogP contribution < -0.4 is 9.64 Å². The Bertz CT molecular complexity index is 901. The van der Waals surface area contributed by atoms with Crippen molar-refractivity contribution >= 4 is 32.7 Å². The van der Waals surface area contributed by atoms with Crippen LogP contribution in [0.3, 0.4) is 0 Å². The van der Waals surface area contributed by atoms with Gasteiger partial charge >= 0.3 is 5.97 Å². The number of rotatable bonds is 3. The fourth-order valence-corrected chi connectivity index (χ4v) is 3.97. The minimum atomic E-state index is -0.500. The molecule has 1 aromatic heterocycles. The Kier molecular flexibility index (Phi) is 4.36. The van der Waals surface area contributed by atoms with Crippen LogP contribution in [0, 0.1) is 5.82 Å². The van der Waals surface area contributed by atoms with Crippen LogP contribution in [-0.4, -0.2) is 24.0 Å². The van der Waals surface area contributed by atoms with Crippen molar-refractivity contribution in [3.8, 4) is 5.75 Å². The van der Waals surface area contributed by atoms with Crippen LogP contribution in [0.25, 0.3) is 10.2 Å². The number of esters is 1. The van der Waals surface area contributed by atoms with E-state index in [4.69, 9.17) is 4.74 Å². The normalized spacial score (nSPS) is 14.7. The van der Waals surface area contributed by atoms with Gasteiger partial charge in [-0.15, -0.1) is 0 Å². The predicted molar refractivity (Wildman–Crippen MR) is 97.0 cm³/mol. The highest BCUT2D eigenvalue weighted by molar-refractivity contribution is 7.22. The molecule has 4 nitrogen and oxygen atoms in total. The molecule has 2 heterocycles. The molecule has 3 aromatic rings. The largest absolute Gasteiger partial charge is 0.423 e. The molecule has 25 heavy (non-hydrogen) atoms. The highest BCUT2D eigenvalue weighted by Gasteiger charge is 2.16. The maximum absolute atomic E-state index is 12.9. The Morgan fingerprint density at radius 1 is 1.08 bits per heavy atom. The second-order valence-corrected chi connectivity index (χ2v) is 7.08. The van der Waals surface area contributed by atoms with E-state index in [1.54, 1.807) is 17.4 Å². The number of thiazole rings is 1. The summed E-state index contributed by atoms with van der Waals surface area (Å²) in [7, 11) is 0. The SMILES string of the molecule is O=C(Oc1ccc2nc(N3CCCCC3)sc2c1)c1ccc(F)cc1. The third-order valence-electron chi connectivity index (χ3n) is 4.27. The highest BCUT2D eigenvalue weighted by atomic mass is 32.1. The monoisotopic (exact) mass is 356 g/mol. The lowest BCUT2D eigenvalue weighted by atomic mass is 10.1. The van der Waals surface area contributed by atoms with E-state index in [2.05, 4.69) is 9.88 Å². The Morgan fingerprint density at radius 3 is 2.60 bits per heavy atom. The third kappa shape index (κ3) is 3.49. The van der Waals surface area contributed by atoms with Crippen LogP contribution in [-0.2, 0) is 0 Å². The summed E-state index contributed by atoms with van der Waals surface area (Å²) in [4.78, 5) is 19.2. The second kappa shape index (κ2) is 6.80. The van der Waals surface area contributed by atoms with E-state index in [9.17, 15) is 9.18 Å². The van der Waals surface area contributed by atoms with Crippen LogP contribution >= 0.6 is 11.3 Å². The molecular weight excluding hydrogens is 339 g/mol. The average molecular weight is 356 g/mol. The van der Waals surface area contributed by atoms with Crippen LogP contribution in [0.15, 0.2) is 42.5 Å². The van der Waals surface area contributed by atoms with Crippen molar-refractivity contribution in [1.82, 2.24) is 4.98 Å². The van der Waals surface area contributed by atoms with Crippen LogP contribution in [0.1, 0.15) is 29.6 Å². The topological polar surface area (TPSA) is 42.4 Å². The van der Waals surface area contributed by atoms with E-state index in [1.807, 2.05) is 12.1 Å². The van der Waals surface area contributed by atoms with Crippen molar-refractivity contribution in [2.45, 2.75) is 19.3 Å². The van der Waals surface area contributed by atoms with Crippen molar-refractivity contribution in [2.75, 3.05) is 18.0 Å². The molecule has 0 saturated carbocycles.